The minimum atomic E-state index is -1.14. The summed E-state index contributed by atoms with van der Waals surface area (Å²) in [5, 5.41) is 24.0. The number of ether oxygens (including phenoxy) is 3. The Morgan fingerprint density at radius 2 is 2.07 bits per heavy atom. The van der Waals surface area contributed by atoms with Crippen molar-refractivity contribution in [2.24, 2.45) is 17.8 Å². The Morgan fingerprint density at radius 1 is 1.22 bits per heavy atom. The predicted octanol–water partition coefficient (Wildman–Crippen LogP) is 1.96. The number of fused-ring (bicyclic) bond motifs is 5. The molecule has 1 aromatic rings. The summed E-state index contributed by atoms with van der Waals surface area (Å²) in [6, 6.07) is 2.40. The van der Waals surface area contributed by atoms with E-state index in [1.807, 2.05) is 0 Å². The first-order valence-electron chi connectivity index (χ1n) is 15.0. The molecule has 0 aromatic heterocycles. The molecule has 1 aromatic carbocycles. The van der Waals surface area contributed by atoms with Crippen molar-refractivity contribution in [3.8, 4) is 11.5 Å². The second kappa shape index (κ2) is 11.7. The Bertz CT molecular complexity index is 1210. The molecule has 3 unspecified atom stereocenters. The van der Waals surface area contributed by atoms with Gasteiger partial charge in [0.2, 0.25) is 11.8 Å². The zero-order chi connectivity index (χ0) is 28.7. The minimum Gasteiger partial charge on any atom is -0.493 e. The van der Waals surface area contributed by atoms with Gasteiger partial charge in [-0.1, -0.05) is 6.42 Å². The number of hydrogen-bond donors (Lipinski definition) is 3. The molecule has 2 bridgehead atoms. The lowest BCUT2D eigenvalue weighted by molar-refractivity contribution is -0.140. The van der Waals surface area contributed by atoms with E-state index in [4.69, 9.17) is 14.2 Å². The normalized spacial score (nSPS) is 33.0. The van der Waals surface area contributed by atoms with E-state index in [9.17, 15) is 24.6 Å². The number of amides is 2. The first-order chi connectivity index (χ1) is 19.9. The molecule has 3 aliphatic carbocycles. The van der Waals surface area contributed by atoms with Gasteiger partial charge in [0.25, 0.3) is 0 Å². The van der Waals surface area contributed by atoms with E-state index in [1.165, 1.54) is 26.4 Å². The van der Waals surface area contributed by atoms with Crippen LogP contribution < -0.4 is 14.8 Å². The second-order valence-electron chi connectivity index (χ2n) is 12.2. The smallest absolute Gasteiger partial charge is 0.247 e. The van der Waals surface area contributed by atoms with Gasteiger partial charge in [0.15, 0.2) is 11.5 Å². The van der Waals surface area contributed by atoms with Gasteiger partial charge in [0.05, 0.1) is 31.8 Å². The van der Waals surface area contributed by atoms with Crippen molar-refractivity contribution in [2.75, 3.05) is 33.4 Å². The molecule has 10 nitrogen and oxygen atoms in total. The van der Waals surface area contributed by atoms with E-state index >= 15 is 0 Å². The highest BCUT2D eigenvalue weighted by Gasteiger charge is 2.52. The van der Waals surface area contributed by atoms with Crippen molar-refractivity contribution in [2.45, 2.75) is 75.2 Å². The monoisotopic (exact) mass is 568 g/mol. The highest BCUT2D eigenvalue weighted by atomic mass is 16.5. The molecule has 2 aliphatic heterocycles. The molecular formula is C31H40N2O8. The van der Waals surface area contributed by atoms with Gasteiger partial charge in [-0.25, -0.2) is 0 Å². The third-order valence-electron chi connectivity index (χ3n) is 9.84. The number of nitrogens with one attached hydrogen (secondary N) is 1. The van der Waals surface area contributed by atoms with Crippen molar-refractivity contribution in [1.29, 1.82) is 0 Å². The van der Waals surface area contributed by atoms with Gasteiger partial charge in [0, 0.05) is 42.8 Å². The lowest BCUT2D eigenvalue weighted by Crippen LogP contribution is -2.57. The molecular weight excluding hydrogens is 528 g/mol. The van der Waals surface area contributed by atoms with Crippen LogP contribution in [0.25, 0.3) is 0 Å². The molecule has 2 heterocycles. The number of carbonyl (C=O) groups is 3. The van der Waals surface area contributed by atoms with Crippen LogP contribution >= 0.6 is 0 Å². The van der Waals surface area contributed by atoms with Gasteiger partial charge in [-0.15, -0.1) is 0 Å². The van der Waals surface area contributed by atoms with Crippen molar-refractivity contribution < 1.29 is 38.8 Å². The second-order valence-corrected chi connectivity index (χ2v) is 12.2. The van der Waals surface area contributed by atoms with Crippen LogP contribution in [-0.4, -0.2) is 91.0 Å². The van der Waals surface area contributed by atoms with Gasteiger partial charge >= 0.3 is 0 Å². The standard InChI is InChI=1S/C31H40N2O8/c1-39-25-12-18(16-35)11-22-27-23(31(38)32-6-7-34)14-24(28(37)30(27)41-29(22)25)33(15-21-3-2-8-40-21)26(36)13-20-10-17-4-5-19(20)9-17/h11-12,14,16-17,19-21,24,27-28,30,34,37H,2-10,13,15H2,1H3,(H,32,38)/t17?,19?,20?,21-,24-,27+,28+,30+/m1/s1. The molecule has 2 saturated carbocycles. The van der Waals surface area contributed by atoms with Crippen LogP contribution in [0, 0.1) is 17.8 Å². The summed E-state index contributed by atoms with van der Waals surface area (Å²) >= 11 is 0. The Labute approximate surface area is 240 Å². The highest BCUT2D eigenvalue weighted by Crippen LogP contribution is 2.52. The fourth-order valence-electron chi connectivity index (χ4n) is 7.92. The fraction of sp³-hybridized carbons (Fsp3) is 0.645. The van der Waals surface area contributed by atoms with Gasteiger partial charge in [-0.2, -0.15) is 0 Å². The molecule has 0 spiro atoms. The summed E-state index contributed by atoms with van der Waals surface area (Å²) in [7, 11) is 1.47. The number of aliphatic hydroxyl groups excluding tert-OH is 2. The largest absolute Gasteiger partial charge is 0.493 e. The molecule has 3 N–H and O–H groups in total. The number of hydrogen-bond acceptors (Lipinski definition) is 8. The summed E-state index contributed by atoms with van der Waals surface area (Å²) in [5.41, 5.74) is 1.25. The third kappa shape index (κ3) is 5.26. The van der Waals surface area contributed by atoms with E-state index in [2.05, 4.69) is 5.32 Å². The van der Waals surface area contributed by atoms with Crippen LogP contribution in [0.3, 0.4) is 0 Å². The molecule has 5 aliphatic rings. The first-order valence-corrected chi connectivity index (χ1v) is 15.0. The lowest BCUT2D eigenvalue weighted by Gasteiger charge is -2.42. The average molecular weight is 569 g/mol. The maximum absolute atomic E-state index is 14.0. The van der Waals surface area contributed by atoms with Crippen molar-refractivity contribution in [1.82, 2.24) is 10.2 Å². The average Bonchev–Trinajstić information content (AvgIpc) is 3.79. The number of aliphatic hydroxyl groups is 2. The van der Waals surface area contributed by atoms with Crippen LogP contribution in [0.2, 0.25) is 0 Å². The number of nitrogens with zero attached hydrogens (tertiary/aromatic N) is 1. The Kier molecular flexibility index (Phi) is 8.07. The van der Waals surface area contributed by atoms with E-state index in [0.29, 0.717) is 71.8 Å². The molecule has 8 atom stereocenters. The molecule has 2 amide bonds. The number of carbonyl (C=O) groups excluding carboxylic acids is 3. The quantitative estimate of drug-likeness (QED) is 0.365. The van der Waals surface area contributed by atoms with E-state index in [1.54, 1.807) is 23.1 Å². The van der Waals surface area contributed by atoms with Gasteiger partial charge in [0.1, 0.15) is 18.5 Å². The van der Waals surface area contributed by atoms with E-state index < -0.39 is 30.1 Å². The molecule has 6 rings (SSSR count). The van der Waals surface area contributed by atoms with Crippen LogP contribution in [0.15, 0.2) is 23.8 Å². The molecule has 0 radical (unpaired) electrons. The van der Waals surface area contributed by atoms with Gasteiger partial charge in [-0.3, -0.25) is 14.4 Å². The van der Waals surface area contributed by atoms with Crippen LogP contribution in [0.5, 0.6) is 11.5 Å². The van der Waals surface area contributed by atoms with Crippen molar-refractivity contribution >= 4 is 18.1 Å². The Morgan fingerprint density at radius 3 is 2.73 bits per heavy atom. The van der Waals surface area contributed by atoms with Crippen molar-refractivity contribution in [3.63, 3.8) is 0 Å². The zero-order valence-corrected chi connectivity index (χ0v) is 23.5. The summed E-state index contributed by atoms with van der Waals surface area (Å²) < 4.78 is 17.7. The van der Waals surface area contributed by atoms with Gasteiger partial charge in [-0.05, 0) is 68.1 Å². The SMILES string of the molecule is COc1cc(C=O)cc2c1O[C@@H]1[C@@H](O)[C@H](N(C[C@H]3CCCO3)C(=O)CC3CC4CCC3C4)C=C(C(=O)NCCO)[C@H]21. The van der Waals surface area contributed by atoms with Gasteiger partial charge < -0.3 is 34.6 Å². The zero-order valence-electron chi connectivity index (χ0n) is 23.5. The maximum Gasteiger partial charge on any atom is 0.247 e. The predicted molar refractivity (Wildman–Crippen MR) is 148 cm³/mol. The highest BCUT2D eigenvalue weighted by molar-refractivity contribution is 5.96. The van der Waals surface area contributed by atoms with Crippen LogP contribution in [-0.2, 0) is 14.3 Å². The number of aldehydes is 1. The number of rotatable bonds is 10. The van der Waals surface area contributed by atoms with Crippen LogP contribution in [0.1, 0.15) is 66.8 Å². The number of methoxy groups -OCH3 is 1. The summed E-state index contributed by atoms with van der Waals surface area (Å²) in [6.07, 6.45) is 7.09. The summed E-state index contributed by atoms with van der Waals surface area (Å²) in [4.78, 5) is 41.0. The fourth-order valence-corrected chi connectivity index (χ4v) is 7.92. The minimum absolute atomic E-state index is 0.0387. The third-order valence-corrected chi connectivity index (χ3v) is 9.84. The molecule has 41 heavy (non-hydrogen) atoms. The maximum atomic E-state index is 14.0. The van der Waals surface area contributed by atoms with E-state index in [0.717, 1.165) is 19.3 Å². The molecule has 3 fully saturated rings. The van der Waals surface area contributed by atoms with Crippen molar-refractivity contribution in [3.05, 3.63) is 34.9 Å². The van der Waals surface area contributed by atoms with E-state index in [-0.39, 0.29) is 25.2 Å². The molecule has 1 saturated heterocycles. The molecule has 10 heteroatoms. The summed E-state index contributed by atoms with van der Waals surface area (Å²) in [6.45, 7) is 0.781. The first kappa shape index (κ1) is 28.2. The lowest BCUT2D eigenvalue weighted by atomic mass is 9.77. The molecule has 222 valence electrons. The Hall–Kier alpha value is -2.95. The topological polar surface area (TPSA) is 135 Å². The Balaban J connectivity index is 1.37. The summed E-state index contributed by atoms with van der Waals surface area (Å²) in [5.74, 6) is 1.19. The number of benzene rings is 1. The van der Waals surface area contributed by atoms with Crippen LogP contribution in [0.4, 0.5) is 0 Å².